The fraction of sp³-hybridized carbons (Fsp3) is 0.273. The zero-order chi connectivity index (χ0) is 9.84. The first-order valence-electron chi connectivity index (χ1n) is 4.13. The summed E-state index contributed by atoms with van der Waals surface area (Å²) in [4.78, 5) is 0. The molecule has 0 aliphatic carbocycles. The van der Waals surface area contributed by atoms with Crippen molar-refractivity contribution in [3.8, 4) is 0 Å². The van der Waals surface area contributed by atoms with Crippen LogP contribution in [0.5, 0.6) is 0 Å². The number of hydrogen-bond donors (Lipinski definition) is 0. The van der Waals surface area contributed by atoms with Crippen molar-refractivity contribution in [3.05, 3.63) is 41.7 Å². The predicted molar refractivity (Wildman–Crippen MR) is 51.9 cm³/mol. The van der Waals surface area contributed by atoms with Gasteiger partial charge in [0.05, 0.1) is 6.10 Å². The zero-order valence-electron chi connectivity index (χ0n) is 7.88. The molecule has 0 amide bonds. The quantitative estimate of drug-likeness (QED) is 0.694. The Morgan fingerprint density at radius 2 is 2.23 bits per heavy atom. The van der Waals surface area contributed by atoms with Gasteiger partial charge in [-0.3, -0.25) is 0 Å². The molecule has 1 aromatic carbocycles. The van der Waals surface area contributed by atoms with Crippen molar-refractivity contribution < 1.29 is 9.13 Å². The van der Waals surface area contributed by atoms with E-state index in [-0.39, 0.29) is 11.9 Å². The number of benzene rings is 1. The van der Waals surface area contributed by atoms with Crippen molar-refractivity contribution in [2.24, 2.45) is 0 Å². The fourth-order valence-electron chi connectivity index (χ4n) is 1.22. The maximum Gasteiger partial charge on any atom is 0.123 e. The lowest BCUT2D eigenvalue weighted by molar-refractivity contribution is 0.119. The molecular formula is C11H13FO. The van der Waals surface area contributed by atoms with Crippen LogP contribution in [0.4, 0.5) is 4.39 Å². The van der Waals surface area contributed by atoms with Crippen LogP contribution in [0.25, 0.3) is 6.08 Å². The minimum atomic E-state index is -0.248. The fourth-order valence-corrected chi connectivity index (χ4v) is 1.22. The van der Waals surface area contributed by atoms with E-state index in [4.69, 9.17) is 4.74 Å². The Hall–Kier alpha value is -1.15. The summed E-state index contributed by atoms with van der Waals surface area (Å²) in [6.45, 7) is 5.54. The van der Waals surface area contributed by atoms with Crippen LogP contribution in [-0.4, -0.2) is 7.11 Å². The van der Waals surface area contributed by atoms with Crippen LogP contribution in [0.2, 0.25) is 0 Å². The van der Waals surface area contributed by atoms with Gasteiger partial charge in [0.15, 0.2) is 0 Å². The third-order valence-corrected chi connectivity index (χ3v) is 2.06. The van der Waals surface area contributed by atoms with Crippen molar-refractivity contribution in [1.29, 1.82) is 0 Å². The summed E-state index contributed by atoms with van der Waals surface area (Å²) < 4.78 is 18.0. The summed E-state index contributed by atoms with van der Waals surface area (Å²) in [7, 11) is 1.63. The van der Waals surface area contributed by atoms with Gasteiger partial charge in [0, 0.05) is 7.11 Å². The van der Waals surface area contributed by atoms with Crippen LogP contribution >= 0.6 is 0 Å². The summed E-state index contributed by atoms with van der Waals surface area (Å²) in [6, 6.07) is 4.61. The van der Waals surface area contributed by atoms with Crippen LogP contribution in [0.15, 0.2) is 24.8 Å². The molecule has 0 bridgehead atoms. The zero-order valence-corrected chi connectivity index (χ0v) is 7.88. The first-order valence-corrected chi connectivity index (χ1v) is 4.13. The molecule has 0 aliphatic heterocycles. The largest absolute Gasteiger partial charge is 0.377 e. The minimum absolute atomic E-state index is 0.0337. The van der Waals surface area contributed by atoms with Gasteiger partial charge in [-0.1, -0.05) is 18.7 Å². The van der Waals surface area contributed by atoms with Gasteiger partial charge >= 0.3 is 0 Å². The number of ether oxygens (including phenoxy) is 1. The van der Waals surface area contributed by atoms with E-state index >= 15 is 0 Å². The molecule has 0 saturated carbocycles. The van der Waals surface area contributed by atoms with E-state index in [1.54, 1.807) is 19.3 Å². The monoisotopic (exact) mass is 180 g/mol. The Balaban J connectivity index is 3.13. The molecule has 0 aromatic heterocycles. The van der Waals surface area contributed by atoms with Gasteiger partial charge in [-0.25, -0.2) is 4.39 Å². The van der Waals surface area contributed by atoms with Crippen molar-refractivity contribution in [3.63, 3.8) is 0 Å². The third-order valence-electron chi connectivity index (χ3n) is 2.06. The third kappa shape index (κ3) is 2.16. The van der Waals surface area contributed by atoms with Crippen molar-refractivity contribution in [1.82, 2.24) is 0 Å². The summed E-state index contributed by atoms with van der Waals surface area (Å²) in [6.07, 6.45) is 1.60. The van der Waals surface area contributed by atoms with Crippen molar-refractivity contribution in [2.75, 3.05) is 7.11 Å². The van der Waals surface area contributed by atoms with E-state index in [1.165, 1.54) is 12.1 Å². The molecule has 1 aromatic rings. The van der Waals surface area contributed by atoms with E-state index < -0.39 is 0 Å². The van der Waals surface area contributed by atoms with Gasteiger partial charge in [0.1, 0.15) is 5.82 Å². The molecule has 0 fully saturated rings. The topological polar surface area (TPSA) is 9.23 Å². The average Bonchev–Trinajstić information content (AvgIpc) is 2.16. The van der Waals surface area contributed by atoms with Crippen molar-refractivity contribution >= 4 is 6.08 Å². The average molecular weight is 180 g/mol. The standard InChI is InChI=1S/C11H13FO/c1-4-9-7-10(12)5-6-11(9)8(2)13-3/h4-8H,1H2,2-3H3. The molecule has 0 aliphatic rings. The molecule has 0 spiro atoms. The Labute approximate surface area is 77.8 Å². The normalized spacial score (nSPS) is 12.5. The molecule has 1 atom stereocenters. The summed E-state index contributed by atoms with van der Waals surface area (Å²) in [5.41, 5.74) is 1.74. The van der Waals surface area contributed by atoms with Crippen LogP contribution in [-0.2, 0) is 4.74 Å². The Morgan fingerprint density at radius 1 is 1.54 bits per heavy atom. The van der Waals surface area contributed by atoms with Gasteiger partial charge in [-0.2, -0.15) is 0 Å². The highest BCUT2D eigenvalue weighted by atomic mass is 19.1. The summed E-state index contributed by atoms with van der Waals surface area (Å²) >= 11 is 0. The lowest BCUT2D eigenvalue weighted by atomic mass is 10.0. The van der Waals surface area contributed by atoms with E-state index in [0.717, 1.165) is 11.1 Å². The van der Waals surface area contributed by atoms with Crippen LogP contribution in [0.1, 0.15) is 24.2 Å². The van der Waals surface area contributed by atoms with Gasteiger partial charge in [0.2, 0.25) is 0 Å². The highest BCUT2D eigenvalue weighted by Crippen LogP contribution is 2.22. The highest BCUT2D eigenvalue weighted by molar-refractivity contribution is 5.52. The lowest BCUT2D eigenvalue weighted by Gasteiger charge is -2.12. The Morgan fingerprint density at radius 3 is 2.77 bits per heavy atom. The molecule has 70 valence electrons. The van der Waals surface area contributed by atoms with E-state index in [1.807, 2.05) is 6.92 Å². The molecule has 13 heavy (non-hydrogen) atoms. The number of methoxy groups -OCH3 is 1. The number of halogens is 1. The first-order chi connectivity index (χ1) is 6.19. The second-order valence-electron chi connectivity index (χ2n) is 2.86. The SMILES string of the molecule is C=Cc1cc(F)ccc1C(C)OC. The molecule has 2 heteroatoms. The van der Waals surface area contributed by atoms with E-state index in [0.29, 0.717) is 0 Å². The van der Waals surface area contributed by atoms with E-state index in [2.05, 4.69) is 6.58 Å². The van der Waals surface area contributed by atoms with Crippen molar-refractivity contribution in [2.45, 2.75) is 13.0 Å². The van der Waals surface area contributed by atoms with Crippen LogP contribution in [0, 0.1) is 5.82 Å². The highest BCUT2D eigenvalue weighted by Gasteiger charge is 2.08. The minimum Gasteiger partial charge on any atom is -0.377 e. The molecule has 1 nitrogen and oxygen atoms in total. The predicted octanol–water partition coefficient (Wildman–Crippen LogP) is 3.18. The summed E-state index contributed by atoms with van der Waals surface area (Å²) in [5.74, 6) is -0.248. The Bertz CT molecular complexity index is 307. The molecular weight excluding hydrogens is 167 g/mol. The van der Waals surface area contributed by atoms with Crippen LogP contribution < -0.4 is 0 Å². The van der Waals surface area contributed by atoms with Gasteiger partial charge < -0.3 is 4.74 Å². The van der Waals surface area contributed by atoms with Gasteiger partial charge in [-0.05, 0) is 30.2 Å². The smallest absolute Gasteiger partial charge is 0.123 e. The maximum atomic E-state index is 12.8. The Kier molecular flexibility index (Phi) is 3.20. The molecule has 0 heterocycles. The van der Waals surface area contributed by atoms with Crippen LogP contribution in [0.3, 0.4) is 0 Å². The molecule has 0 N–H and O–H groups in total. The first kappa shape index (κ1) is 9.93. The molecule has 0 saturated heterocycles. The van der Waals surface area contributed by atoms with E-state index in [9.17, 15) is 4.39 Å². The number of hydrogen-bond acceptors (Lipinski definition) is 1. The second kappa shape index (κ2) is 4.19. The second-order valence-corrected chi connectivity index (χ2v) is 2.86. The summed E-state index contributed by atoms with van der Waals surface area (Å²) in [5, 5.41) is 0. The van der Waals surface area contributed by atoms with Gasteiger partial charge in [0.25, 0.3) is 0 Å². The number of rotatable bonds is 3. The molecule has 0 radical (unpaired) electrons. The van der Waals surface area contributed by atoms with Gasteiger partial charge in [-0.15, -0.1) is 0 Å². The lowest BCUT2D eigenvalue weighted by Crippen LogP contribution is -1.98. The molecule has 1 unspecified atom stereocenters. The molecule has 1 rings (SSSR count). The maximum absolute atomic E-state index is 12.8.